The lowest BCUT2D eigenvalue weighted by molar-refractivity contribution is 0.131. The van der Waals surface area contributed by atoms with Crippen molar-refractivity contribution in [3.63, 3.8) is 0 Å². The Hall–Kier alpha value is -5.98. The van der Waals surface area contributed by atoms with Gasteiger partial charge in [-0.2, -0.15) is 9.97 Å². The number of anilines is 2. The number of ether oxygens (including phenoxy) is 2. The summed E-state index contributed by atoms with van der Waals surface area (Å²) in [5, 5.41) is 9.91. The van der Waals surface area contributed by atoms with Gasteiger partial charge in [-0.3, -0.25) is 0 Å². The second kappa shape index (κ2) is 21.2. The van der Waals surface area contributed by atoms with Crippen LogP contribution in [0.25, 0.3) is 43.2 Å². The zero-order valence-electron chi connectivity index (χ0n) is 40.1. The van der Waals surface area contributed by atoms with E-state index in [1.165, 1.54) is 46.8 Å². The zero-order valence-corrected chi connectivity index (χ0v) is 43.3. The van der Waals surface area contributed by atoms with Gasteiger partial charge in [0.2, 0.25) is 15.0 Å². The van der Waals surface area contributed by atoms with Crippen LogP contribution in [0.2, 0.25) is 0 Å². The summed E-state index contributed by atoms with van der Waals surface area (Å²) in [5.41, 5.74) is 4.56. The highest BCUT2D eigenvalue weighted by molar-refractivity contribution is 7.98. The van der Waals surface area contributed by atoms with E-state index < -0.39 is 9.84 Å². The minimum absolute atomic E-state index is 0.00182. The lowest BCUT2D eigenvalue weighted by Gasteiger charge is -2.33. The molecule has 0 spiro atoms. The summed E-state index contributed by atoms with van der Waals surface area (Å²) in [4.78, 5) is 50.1. The average Bonchev–Trinajstić information content (AvgIpc) is 4.21. The number of nitrogens with zero attached hydrogens (tertiary/aromatic N) is 14. The summed E-state index contributed by atoms with van der Waals surface area (Å²) in [7, 11) is -3.45. The highest BCUT2D eigenvalue weighted by Gasteiger charge is 2.30. The Labute approximate surface area is 417 Å². The van der Waals surface area contributed by atoms with Crippen molar-refractivity contribution in [1.29, 1.82) is 0 Å². The van der Waals surface area contributed by atoms with Gasteiger partial charge in [0, 0.05) is 80.2 Å². The Morgan fingerprint density at radius 2 is 1.03 bits per heavy atom. The predicted molar refractivity (Wildman–Crippen MR) is 269 cm³/mol. The van der Waals surface area contributed by atoms with E-state index in [1.807, 2.05) is 44.4 Å². The monoisotopic (exact) mass is 1030 g/mol. The molecule has 70 heavy (non-hydrogen) atoms. The van der Waals surface area contributed by atoms with Gasteiger partial charge in [0.25, 0.3) is 10.4 Å². The van der Waals surface area contributed by atoms with Crippen molar-refractivity contribution in [2.24, 2.45) is 11.8 Å². The van der Waals surface area contributed by atoms with E-state index in [0.717, 1.165) is 107 Å². The third-order valence-electron chi connectivity index (χ3n) is 12.3. The molecule has 10 heterocycles. The number of fused-ring (bicyclic) bond motifs is 2. The summed E-state index contributed by atoms with van der Waals surface area (Å²) in [6.07, 6.45) is 13.5. The van der Waals surface area contributed by atoms with Crippen molar-refractivity contribution in [3.8, 4) is 32.9 Å². The molecule has 0 amide bonds. The first-order valence-electron chi connectivity index (χ1n) is 23.1. The Morgan fingerprint density at radius 3 is 1.40 bits per heavy atom. The maximum Gasteiger partial charge on any atom is 0.324 e. The van der Waals surface area contributed by atoms with Gasteiger partial charge in [0.15, 0.2) is 16.8 Å². The maximum atomic E-state index is 11.6. The van der Waals surface area contributed by atoms with E-state index in [-0.39, 0.29) is 29.2 Å². The number of sulfone groups is 1. The topological polar surface area (TPSA) is 240 Å². The number of thioether (sulfide) groups is 1. The van der Waals surface area contributed by atoms with Crippen molar-refractivity contribution in [2.75, 3.05) is 48.5 Å². The molecule has 0 N–H and O–H groups in total. The van der Waals surface area contributed by atoms with Gasteiger partial charge in [-0.05, 0) is 81.9 Å². The molecule has 20 nitrogen and oxygen atoms in total. The molecule has 2 atom stereocenters. The van der Waals surface area contributed by atoms with Gasteiger partial charge >= 0.3 is 12.0 Å². The second-order valence-electron chi connectivity index (χ2n) is 18.0. The first-order chi connectivity index (χ1) is 33.7. The Kier molecular flexibility index (Phi) is 14.8. The predicted octanol–water partition coefficient (Wildman–Crippen LogP) is 8.80. The van der Waals surface area contributed by atoms with E-state index in [2.05, 4.69) is 92.7 Å². The average molecular weight is 1030 g/mol. The number of rotatable bonds is 14. The highest BCUT2D eigenvalue weighted by Crippen LogP contribution is 2.35. The SMILES string of the molecule is CC(C)c1noc(N2CCC([C@H](C)Oc3nc4ccc(-c5cnc(S(C)(=O)=O)nc5)nc4s3)CC2)n1.CSc1ncc(-c2ccc3nc(O[C@@H](C)C4CCN(c5nc(C(C)C)no5)CC4)sc3n2)cn1. The Balaban J connectivity index is 0.000000174. The molecule has 2 fully saturated rings. The fourth-order valence-corrected chi connectivity index (χ4v) is 10.6. The molecular formula is C46H54N14O6S4. The summed E-state index contributed by atoms with van der Waals surface area (Å²) in [5.74, 6) is 2.81. The lowest BCUT2D eigenvalue weighted by atomic mass is 9.92. The number of thiazole rings is 2. The summed E-state index contributed by atoms with van der Waals surface area (Å²) >= 11 is 4.38. The normalized spacial score (nSPS) is 16.0. The van der Waals surface area contributed by atoms with Crippen LogP contribution < -0.4 is 19.3 Å². The smallest absolute Gasteiger partial charge is 0.324 e. The molecule has 368 valence electrons. The fourth-order valence-electron chi connectivity index (χ4n) is 8.02. The molecule has 0 bridgehead atoms. The van der Waals surface area contributed by atoms with Gasteiger partial charge in [-0.25, -0.2) is 48.3 Å². The Bertz CT molecular complexity index is 3130. The first-order valence-corrected chi connectivity index (χ1v) is 27.9. The molecule has 8 aromatic rings. The molecule has 24 heteroatoms. The van der Waals surface area contributed by atoms with Crippen LogP contribution in [0.1, 0.15) is 90.7 Å². The fraction of sp³-hybridized carbons (Fsp3) is 0.478. The third-order valence-corrected chi connectivity index (χ3v) is 15.4. The molecular weight excluding hydrogens is 973 g/mol. The molecule has 0 aromatic carbocycles. The second-order valence-corrected chi connectivity index (χ2v) is 22.5. The Morgan fingerprint density at radius 1 is 0.614 bits per heavy atom. The van der Waals surface area contributed by atoms with Crippen LogP contribution in [0.5, 0.6) is 10.4 Å². The molecule has 2 aliphatic rings. The number of pyridine rings is 2. The quantitative estimate of drug-likeness (QED) is 0.0730. The van der Waals surface area contributed by atoms with E-state index in [0.29, 0.717) is 45.5 Å². The number of aromatic nitrogens is 12. The van der Waals surface area contributed by atoms with Crippen LogP contribution in [-0.4, -0.2) is 119 Å². The van der Waals surface area contributed by atoms with E-state index in [4.69, 9.17) is 23.5 Å². The zero-order chi connectivity index (χ0) is 49.1. The van der Waals surface area contributed by atoms with Crippen molar-refractivity contribution in [3.05, 3.63) is 60.7 Å². The molecule has 0 saturated carbocycles. The largest absolute Gasteiger partial charge is 0.467 e. The summed E-state index contributed by atoms with van der Waals surface area (Å²) in [6, 6.07) is 8.82. The molecule has 0 aliphatic carbocycles. The molecule has 2 aliphatic heterocycles. The van der Waals surface area contributed by atoms with Gasteiger partial charge in [-0.1, -0.05) is 72.4 Å². The van der Waals surface area contributed by atoms with Crippen LogP contribution in [0.15, 0.2) is 68.4 Å². The van der Waals surface area contributed by atoms with Crippen molar-refractivity contribution in [2.45, 2.75) is 102 Å². The molecule has 10 rings (SSSR count). The standard InChI is InChI=1S/C23H27N7O4S2.C23H27N7O2S2/c1-13(2)19-28-22(34-29-19)30-9-7-15(8-10-30)14(3)33-23-27-18-6-5-17(26-20(18)35-23)16-11-24-21(25-12-16)36(4,31)32;1-13(2)19-28-22(32-29-19)30-9-7-15(8-10-30)14(3)31-23-27-18-6-5-17(26-20(18)34-23)16-11-24-21(33-4)25-12-16/h5-6,11-15H,7-10H2,1-4H3;5-6,11-15H,7-10H2,1-4H3/t2*14-/m00/s1. The highest BCUT2D eigenvalue weighted by atomic mass is 32.2. The summed E-state index contributed by atoms with van der Waals surface area (Å²) < 4.78 is 46.6. The van der Waals surface area contributed by atoms with Crippen LogP contribution >= 0.6 is 34.4 Å². The van der Waals surface area contributed by atoms with Crippen LogP contribution in [-0.2, 0) is 9.84 Å². The number of hydrogen-bond acceptors (Lipinski definition) is 23. The van der Waals surface area contributed by atoms with E-state index >= 15 is 0 Å². The molecule has 2 saturated heterocycles. The van der Waals surface area contributed by atoms with Crippen LogP contribution in [0, 0.1) is 11.8 Å². The molecule has 8 aromatic heterocycles. The number of piperidine rings is 2. The van der Waals surface area contributed by atoms with Crippen LogP contribution in [0.4, 0.5) is 12.0 Å². The van der Waals surface area contributed by atoms with Crippen molar-refractivity contribution >= 4 is 77.0 Å². The lowest BCUT2D eigenvalue weighted by Crippen LogP contribution is -2.38. The minimum atomic E-state index is -3.45. The van der Waals surface area contributed by atoms with Gasteiger partial charge in [0.1, 0.15) is 32.9 Å². The van der Waals surface area contributed by atoms with Gasteiger partial charge in [0.05, 0.1) is 11.4 Å². The first kappa shape index (κ1) is 49.0. The van der Waals surface area contributed by atoms with Crippen molar-refractivity contribution in [1.82, 2.24) is 60.2 Å². The van der Waals surface area contributed by atoms with Gasteiger partial charge < -0.3 is 28.3 Å². The molecule has 0 radical (unpaired) electrons. The minimum Gasteiger partial charge on any atom is -0.467 e. The maximum absolute atomic E-state index is 11.6. The van der Waals surface area contributed by atoms with E-state index in [9.17, 15) is 8.42 Å². The third kappa shape index (κ3) is 11.4. The van der Waals surface area contributed by atoms with Crippen LogP contribution in [0.3, 0.4) is 0 Å². The van der Waals surface area contributed by atoms with Crippen molar-refractivity contribution < 1.29 is 26.9 Å². The van der Waals surface area contributed by atoms with E-state index in [1.54, 1.807) is 12.4 Å². The molecule has 0 unspecified atom stereocenters. The number of hydrogen-bond donors (Lipinski definition) is 0. The van der Waals surface area contributed by atoms with Gasteiger partial charge in [-0.15, -0.1) is 0 Å². The summed E-state index contributed by atoms with van der Waals surface area (Å²) in [6.45, 7) is 15.8.